The molecule has 0 fully saturated rings. The Kier molecular flexibility index (Phi) is 2.35. The van der Waals surface area contributed by atoms with Gasteiger partial charge in [-0.1, -0.05) is 41.7 Å². The van der Waals surface area contributed by atoms with Gasteiger partial charge in [-0.05, 0) is 30.3 Å². The van der Waals surface area contributed by atoms with Crippen LogP contribution in [0.3, 0.4) is 0 Å². The number of nitrogens with one attached hydrogen (secondary N) is 1. The third kappa shape index (κ3) is 1.60. The van der Waals surface area contributed by atoms with E-state index in [0.717, 1.165) is 47.9 Å². The van der Waals surface area contributed by atoms with E-state index in [1.807, 2.05) is 54.6 Å². The maximum absolute atomic E-state index is 13.4. The van der Waals surface area contributed by atoms with Crippen molar-refractivity contribution in [3.8, 4) is 0 Å². The smallest absolute Gasteiger partial charge is 0.266 e. The highest BCUT2D eigenvalue weighted by Gasteiger charge is 2.15. The molecule has 3 heterocycles. The monoisotopic (exact) mass is 343 g/mol. The van der Waals surface area contributed by atoms with E-state index in [2.05, 4.69) is 16.0 Å². The molecule has 0 bridgehead atoms. The molecule has 0 saturated carbocycles. The first-order valence-electron chi connectivity index (χ1n) is 8.05. The summed E-state index contributed by atoms with van der Waals surface area (Å²) in [6, 6.07) is 20.0. The average molecular weight is 343 g/mol. The first kappa shape index (κ1) is 13.1. The van der Waals surface area contributed by atoms with Gasteiger partial charge in [0.15, 0.2) is 4.96 Å². The first-order chi connectivity index (χ1) is 12.3. The largest absolute Gasteiger partial charge is 0.354 e. The maximum Gasteiger partial charge on any atom is 0.266 e. The van der Waals surface area contributed by atoms with Crippen LogP contribution in [-0.4, -0.2) is 14.4 Å². The standard InChI is InChI=1S/C20H11N3OS.H2/c24-19-18-16(25-20-22-13-7-3-4-8-15(13)23(19)20)10-9-14-17(18)11-5-1-2-6-12(11)21-14;/h1-10,21H;1H. The van der Waals surface area contributed by atoms with E-state index < -0.39 is 0 Å². The fourth-order valence-electron chi connectivity index (χ4n) is 3.70. The molecular formula is C20H13N3OS. The molecule has 0 aliphatic carbocycles. The Morgan fingerprint density at radius 1 is 0.920 bits per heavy atom. The van der Waals surface area contributed by atoms with Crippen LogP contribution in [0.1, 0.15) is 1.43 Å². The zero-order valence-electron chi connectivity index (χ0n) is 13.0. The van der Waals surface area contributed by atoms with Gasteiger partial charge in [-0.25, -0.2) is 9.38 Å². The molecule has 0 amide bonds. The van der Waals surface area contributed by atoms with Crippen LogP contribution in [0, 0.1) is 0 Å². The van der Waals surface area contributed by atoms with Crippen LogP contribution in [-0.2, 0) is 0 Å². The van der Waals surface area contributed by atoms with Crippen molar-refractivity contribution in [2.45, 2.75) is 0 Å². The Balaban J connectivity index is 0.00000150. The second kappa shape index (κ2) is 4.46. The van der Waals surface area contributed by atoms with Crippen molar-refractivity contribution in [3.05, 3.63) is 71.0 Å². The predicted molar refractivity (Wildman–Crippen MR) is 106 cm³/mol. The number of fused-ring (bicyclic) bond motifs is 8. The summed E-state index contributed by atoms with van der Waals surface area (Å²) >= 11 is 1.56. The molecule has 1 N–H and O–H groups in total. The lowest BCUT2D eigenvalue weighted by molar-refractivity contribution is 1.20. The highest BCUT2D eigenvalue weighted by Crippen LogP contribution is 2.33. The summed E-state index contributed by atoms with van der Waals surface area (Å²) in [7, 11) is 0. The summed E-state index contributed by atoms with van der Waals surface area (Å²) in [6.45, 7) is 0. The summed E-state index contributed by atoms with van der Waals surface area (Å²) in [5, 5.41) is 2.83. The van der Waals surface area contributed by atoms with Gasteiger partial charge in [0.05, 0.1) is 16.4 Å². The summed E-state index contributed by atoms with van der Waals surface area (Å²) in [6.07, 6.45) is 0. The first-order valence-corrected chi connectivity index (χ1v) is 8.86. The van der Waals surface area contributed by atoms with Gasteiger partial charge in [0.2, 0.25) is 0 Å². The van der Waals surface area contributed by atoms with Crippen molar-refractivity contribution in [1.29, 1.82) is 0 Å². The zero-order valence-corrected chi connectivity index (χ0v) is 13.8. The van der Waals surface area contributed by atoms with E-state index in [1.54, 1.807) is 15.7 Å². The molecule has 0 spiro atoms. The third-order valence-electron chi connectivity index (χ3n) is 4.78. The topological polar surface area (TPSA) is 50.2 Å². The molecule has 6 rings (SSSR count). The van der Waals surface area contributed by atoms with Crippen molar-refractivity contribution >= 4 is 59.2 Å². The second-order valence-corrected chi connectivity index (χ2v) is 7.17. The number of hydrogen-bond donors (Lipinski definition) is 1. The molecular weight excluding hydrogens is 330 g/mol. The number of benzene rings is 3. The van der Waals surface area contributed by atoms with Crippen molar-refractivity contribution in [3.63, 3.8) is 0 Å². The van der Waals surface area contributed by atoms with Gasteiger partial charge >= 0.3 is 0 Å². The summed E-state index contributed by atoms with van der Waals surface area (Å²) in [4.78, 5) is 22.2. The number of rotatable bonds is 0. The lowest BCUT2D eigenvalue weighted by Crippen LogP contribution is -2.11. The van der Waals surface area contributed by atoms with Crippen LogP contribution in [0.2, 0.25) is 0 Å². The van der Waals surface area contributed by atoms with E-state index in [0.29, 0.717) is 0 Å². The molecule has 0 aliphatic heterocycles. The van der Waals surface area contributed by atoms with Gasteiger partial charge in [0.25, 0.3) is 5.56 Å². The lowest BCUT2D eigenvalue weighted by atomic mass is 10.1. The highest BCUT2D eigenvalue weighted by atomic mass is 32.1. The zero-order chi connectivity index (χ0) is 16.5. The fraction of sp³-hybridized carbons (Fsp3) is 0. The van der Waals surface area contributed by atoms with Gasteiger partial charge in [0.1, 0.15) is 0 Å². The van der Waals surface area contributed by atoms with E-state index in [1.165, 1.54) is 0 Å². The lowest BCUT2D eigenvalue weighted by Gasteiger charge is -2.01. The Morgan fingerprint density at radius 2 is 1.76 bits per heavy atom. The quantitative estimate of drug-likeness (QED) is 0.424. The molecule has 120 valence electrons. The SMILES string of the molecule is O=c1c2c(ccc3[nH]c4ccccc4c32)sc2nc3ccccc3n12.[HH]. The van der Waals surface area contributed by atoms with Crippen LogP contribution in [0.4, 0.5) is 0 Å². The van der Waals surface area contributed by atoms with E-state index >= 15 is 0 Å². The molecule has 25 heavy (non-hydrogen) atoms. The summed E-state index contributed by atoms with van der Waals surface area (Å²) in [5.74, 6) is 0. The molecule has 4 nitrogen and oxygen atoms in total. The van der Waals surface area contributed by atoms with Gasteiger partial charge in [0, 0.05) is 27.9 Å². The number of aromatic amines is 1. The third-order valence-corrected chi connectivity index (χ3v) is 5.80. The minimum absolute atomic E-state index is 0. The Labute approximate surface area is 146 Å². The summed E-state index contributed by atoms with van der Waals surface area (Å²) in [5.41, 5.74) is 3.73. The number of H-pyrrole nitrogens is 1. The van der Waals surface area contributed by atoms with Crippen molar-refractivity contribution in [1.82, 2.24) is 14.4 Å². The van der Waals surface area contributed by atoms with Crippen LogP contribution in [0.15, 0.2) is 65.5 Å². The van der Waals surface area contributed by atoms with E-state index in [4.69, 9.17) is 0 Å². The van der Waals surface area contributed by atoms with Crippen LogP contribution in [0.5, 0.6) is 0 Å². The van der Waals surface area contributed by atoms with Crippen LogP contribution < -0.4 is 5.56 Å². The summed E-state index contributed by atoms with van der Waals surface area (Å²) < 4.78 is 2.70. The molecule has 0 aliphatic rings. The molecule has 0 unspecified atom stereocenters. The fourth-order valence-corrected chi connectivity index (χ4v) is 4.74. The van der Waals surface area contributed by atoms with Crippen molar-refractivity contribution in [2.75, 3.05) is 0 Å². The van der Waals surface area contributed by atoms with Crippen molar-refractivity contribution in [2.24, 2.45) is 0 Å². The average Bonchev–Trinajstić information content (AvgIpc) is 3.19. The van der Waals surface area contributed by atoms with Gasteiger partial charge in [-0.2, -0.15) is 0 Å². The number of nitrogens with zero attached hydrogens (tertiary/aromatic N) is 2. The molecule has 0 atom stereocenters. The molecule has 0 radical (unpaired) electrons. The second-order valence-electron chi connectivity index (χ2n) is 6.16. The van der Waals surface area contributed by atoms with Crippen LogP contribution in [0.25, 0.3) is 47.9 Å². The van der Waals surface area contributed by atoms with Crippen molar-refractivity contribution < 1.29 is 1.43 Å². The Hall–Kier alpha value is -3.18. The molecule has 6 aromatic rings. The minimum atomic E-state index is -0.00666. The van der Waals surface area contributed by atoms with Gasteiger partial charge in [-0.3, -0.25) is 4.79 Å². The van der Waals surface area contributed by atoms with E-state index in [9.17, 15) is 4.79 Å². The number of imidazole rings is 1. The number of para-hydroxylation sites is 3. The van der Waals surface area contributed by atoms with Crippen LogP contribution >= 0.6 is 11.3 Å². The number of hydrogen-bond acceptors (Lipinski definition) is 3. The molecule has 0 saturated heterocycles. The van der Waals surface area contributed by atoms with E-state index in [-0.39, 0.29) is 6.99 Å². The maximum atomic E-state index is 13.4. The minimum Gasteiger partial charge on any atom is -0.354 e. The highest BCUT2D eigenvalue weighted by molar-refractivity contribution is 7.23. The van der Waals surface area contributed by atoms with Gasteiger partial charge < -0.3 is 4.98 Å². The van der Waals surface area contributed by atoms with Gasteiger partial charge in [-0.15, -0.1) is 0 Å². The predicted octanol–water partition coefficient (Wildman–Crippen LogP) is 4.94. The Morgan fingerprint density at radius 3 is 2.72 bits per heavy atom. The molecule has 3 aromatic carbocycles. The normalized spacial score (nSPS) is 12.2. The number of aromatic nitrogens is 3. The molecule has 5 heteroatoms. The Bertz CT molecular complexity index is 1530. The molecule has 3 aromatic heterocycles.